The van der Waals surface area contributed by atoms with E-state index < -0.39 is 0 Å². The van der Waals surface area contributed by atoms with Crippen LogP contribution in [0.3, 0.4) is 0 Å². The Morgan fingerprint density at radius 3 is 2.68 bits per heavy atom. The largest absolute Gasteiger partial charge is 0.352 e. The molecule has 2 N–H and O–H groups in total. The van der Waals surface area contributed by atoms with E-state index in [0.29, 0.717) is 10.8 Å². The zero-order valence-electron chi connectivity index (χ0n) is 13.6. The number of fused-ring (bicyclic) bond motifs is 1. The third-order valence-electron chi connectivity index (χ3n) is 3.78. The number of amides is 2. The van der Waals surface area contributed by atoms with Crippen LogP contribution in [0.25, 0.3) is 11.0 Å². The molecular weight excluding hydrogens is 340 g/mol. The van der Waals surface area contributed by atoms with Crippen LogP contribution < -0.4 is 10.6 Å². The zero-order chi connectivity index (χ0) is 17.8. The Morgan fingerprint density at radius 2 is 1.92 bits per heavy atom. The minimum Gasteiger partial charge on any atom is -0.352 e. The molecule has 7 heteroatoms. The van der Waals surface area contributed by atoms with Crippen molar-refractivity contribution in [3.8, 4) is 0 Å². The van der Waals surface area contributed by atoms with Crippen molar-refractivity contribution < 1.29 is 9.59 Å². The van der Waals surface area contributed by atoms with E-state index in [0.717, 1.165) is 16.7 Å². The Bertz CT molecular complexity index is 921. The van der Waals surface area contributed by atoms with Gasteiger partial charge in [0.05, 0.1) is 11.0 Å². The molecule has 0 radical (unpaired) electrons. The van der Waals surface area contributed by atoms with Gasteiger partial charge in [-0.1, -0.05) is 18.2 Å². The minimum atomic E-state index is -0.244. The van der Waals surface area contributed by atoms with Gasteiger partial charge >= 0.3 is 0 Å². The highest BCUT2D eigenvalue weighted by atomic mass is 35.5. The van der Waals surface area contributed by atoms with Crippen LogP contribution in [-0.2, 0) is 11.8 Å². The molecule has 0 aliphatic heterocycles. The summed E-state index contributed by atoms with van der Waals surface area (Å²) >= 11 is 5.98. The molecule has 3 rings (SSSR count). The van der Waals surface area contributed by atoms with Crippen LogP contribution in [0.2, 0.25) is 5.28 Å². The average molecular weight is 357 g/mol. The van der Waals surface area contributed by atoms with E-state index in [9.17, 15) is 9.59 Å². The van der Waals surface area contributed by atoms with Crippen molar-refractivity contribution in [3.63, 3.8) is 0 Å². The molecule has 25 heavy (non-hydrogen) atoms. The van der Waals surface area contributed by atoms with E-state index in [-0.39, 0.29) is 24.8 Å². The quantitative estimate of drug-likeness (QED) is 0.737. The standard InChI is InChI=1S/C18H17ClN4O2/c1-23-15-11-12(7-8-14(15)22-18(23)19)17(25)20-10-9-16(24)21-13-5-3-2-4-6-13/h2-8,11H,9-10H2,1H3,(H,20,25)(H,21,24). The first-order valence-electron chi connectivity index (χ1n) is 7.79. The molecule has 3 aromatic rings. The van der Waals surface area contributed by atoms with E-state index in [4.69, 9.17) is 11.6 Å². The monoisotopic (exact) mass is 356 g/mol. The van der Waals surface area contributed by atoms with Crippen molar-refractivity contribution >= 4 is 40.1 Å². The molecule has 0 aliphatic rings. The van der Waals surface area contributed by atoms with Crippen molar-refractivity contribution in [2.24, 2.45) is 7.05 Å². The molecule has 0 saturated heterocycles. The second kappa shape index (κ2) is 7.36. The average Bonchev–Trinajstić information content (AvgIpc) is 2.89. The van der Waals surface area contributed by atoms with Crippen LogP contribution in [0.1, 0.15) is 16.8 Å². The maximum Gasteiger partial charge on any atom is 0.251 e. The minimum absolute atomic E-state index is 0.152. The number of aromatic nitrogens is 2. The summed E-state index contributed by atoms with van der Waals surface area (Å²) in [6.45, 7) is 0.252. The molecule has 128 valence electrons. The van der Waals surface area contributed by atoms with Crippen molar-refractivity contribution in [3.05, 3.63) is 59.4 Å². The van der Waals surface area contributed by atoms with Crippen LogP contribution in [-0.4, -0.2) is 27.9 Å². The lowest BCUT2D eigenvalue weighted by atomic mass is 10.2. The maximum absolute atomic E-state index is 12.2. The van der Waals surface area contributed by atoms with E-state index in [1.54, 1.807) is 29.8 Å². The molecule has 6 nitrogen and oxygen atoms in total. The first-order valence-corrected chi connectivity index (χ1v) is 8.17. The van der Waals surface area contributed by atoms with Crippen LogP contribution in [0.4, 0.5) is 5.69 Å². The Hall–Kier alpha value is -2.86. The number of halogens is 1. The van der Waals surface area contributed by atoms with E-state index in [1.807, 2.05) is 30.3 Å². The number of aryl methyl sites for hydroxylation is 1. The van der Waals surface area contributed by atoms with Crippen LogP contribution in [0.15, 0.2) is 48.5 Å². The summed E-state index contributed by atoms with van der Waals surface area (Å²) in [5.41, 5.74) is 2.73. The fourth-order valence-corrected chi connectivity index (χ4v) is 2.62. The summed E-state index contributed by atoms with van der Waals surface area (Å²) in [5.74, 6) is -0.396. The topological polar surface area (TPSA) is 76.0 Å². The molecule has 2 aromatic carbocycles. The highest BCUT2D eigenvalue weighted by Crippen LogP contribution is 2.19. The Morgan fingerprint density at radius 1 is 1.16 bits per heavy atom. The number of carbonyl (C=O) groups excluding carboxylic acids is 2. The lowest BCUT2D eigenvalue weighted by Crippen LogP contribution is -2.27. The smallest absolute Gasteiger partial charge is 0.251 e. The van der Waals surface area contributed by atoms with Gasteiger partial charge in [0.25, 0.3) is 5.91 Å². The van der Waals surface area contributed by atoms with Crippen molar-refractivity contribution in [1.29, 1.82) is 0 Å². The van der Waals surface area contributed by atoms with Gasteiger partial charge in [0.2, 0.25) is 11.2 Å². The fraction of sp³-hybridized carbons (Fsp3) is 0.167. The van der Waals surface area contributed by atoms with Gasteiger partial charge < -0.3 is 15.2 Å². The lowest BCUT2D eigenvalue weighted by Gasteiger charge is -2.07. The normalized spacial score (nSPS) is 10.6. The van der Waals surface area contributed by atoms with E-state index >= 15 is 0 Å². The summed E-state index contributed by atoms with van der Waals surface area (Å²) in [6, 6.07) is 14.4. The summed E-state index contributed by atoms with van der Waals surface area (Å²) in [6.07, 6.45) is 0.195. The van der Waals surface area contributed by atoms with Gasteiger partial charge in [0, 0.05) is 31.3 Å². The van der Waals surface area contributed by atoms with Gasteiger partial charge in [0.15, 0.2) is 0 Å². The maximum atomic E-state index is 12.2. The second-order valence-corrected chi connectivity index (χ2v) is 5.90. The van der Waals surface area contributed by atoms with Gasteiger partial charge in [-0.3, -0.25) is 9.59 Å². The second-order valence-electron chi connectivity index (χ2n) is 5.56. The van der Waals surface area contributed by atoms with Gasteiger partial charge in [0.1, 0.15) is 0 Å². The zero-order valence-corrected chi connectivity index (χ0v) is 14.4. The predicted octanol–water partition coefficient (Wildman–Crippen LogP) is 2.99. The lowest BCUT2D eigenvalue weighted by molar-refractivity contribution is -0.116. The number of carbonyl (C=O) groups is 2. The summed E-state index contributed by atoms with van der Waals surface area (Å²) in [5, 5.41) is 5.88. The fourth-order valence-electron chi connectivity index (χ4n) is 2.44. The highest BCUT2D eigenvalue weighted by Gasteiger charge is 2.11. The Labute approximate surface area is 149 Å². The molecular formula is C18H17ClN4O2. The number of benzene rings is 2. The molecule has 1 aromatic heterocycles. The van der Waals surface area contributed by atoms with E-state index in [1.165, 1.54) is 0 Å². The number of para-hydroxylation sites is 1. The number of hydrogen-bond acceptors (Lipinski definition) is 3. The van der Waals surface area contributed by atoms with Crippen molar-refractivity contribution in [1.82, 2.24) is 14.9 Å². The molecule has 0 atom stereocenters. The summed E-state index contributed by atoms with van der Waals surface area (Å²) in [4.78, 5) is 28.3. The van der Waals surface area contributed by atoms with Crippen LogP contribution >= 0.6 is 11.6 Å². The predicted molar refractivity (Wildman–Crippen MR) is 97.7 cm³/mol. The molecule has 2 amide bonds. The van der Waals surface area contributed by atoms with Gasteiger partial charge in [-0.15, -0.1) is 0 Å². The summed E-state index contributed by atoms with van der Waals surface area (Å²) in [7, 11) is 1.78. The summed E-state index contributed by atoms with van der Waals surface area (Å²) < 4.78 is 1.71. The van der Waals surface area contributed by atoms with Crippen LogP contribution in [0.5, 0.6) is 0 Å². The van der Waals surface area contributed by atoms with Gasteiger partial charge in [-0.25, -0.2) is 4.98 Å². The third-order valence-corrected chi connectivity index (χ3v) is 4.12. The Balaban J connectivity index is 1.55. The molecule has 0 spiro atoms. The van der Waals surface area contributed by atoms with E-state index in [2.05, 4.69) is 15.6 Å². The van der Waals surface area contributed by atoms with Gasteiger partial charge in [-0.2, -0.15) is 0 Å². The number of hydrogen-bond donors (Lipinski definition) is 2. The number of rotatable bonds is 5. The molecule has 0 saturated carbocycles. The number of anilines is 1. The molecule has 0 aliphatic carbocycles. The molecule has 1 heterocycles. The van der Waals surface area contributed by atoms with Crippen LogP contribution in [0, 0.1) is 0 Å². The SMILES string of the molecule is Cn1c(Cl)nc2ccc(C(=O)NCCC(=O)Nc3ccccc3)cc21. The van der Waals surface area contributed by atoms with Crippen molar-refractivity contribution in [2.45, 2.75) is 6.42 Å². The molecule has 0 unspecified atom stereocenters. The first-order chi connectivity index (χ1) is 12.0. The molecule has 0 fully saturated rings. The van der Waals surface area contributed by atoms with Crippen molar-refractivity contribution in [2.75, 3.05) is 11.9 Å². The number of imidazole rings is 1. The highest BCUT2D eigenvalue weighted by molar-refractivity contribution is 6.29. The molecule has 0 bridgehead atoms. The first kappa shape index (κ1) is 17.0. The number of nitrogens with one attached hydrogen (secondary N) is 2. The Kier molecular flexibility index (Phi) is 5.00. The number of nitrogens with zero attached hydrogens (tertiary/aromatic N) is 2. The third kappa shape index (κ3) is 3.97. The van der Waals surface area contributed by atoms with Gasteiger partial charge in [-0.05, 0) is 41.9 Å².